The largest absolute Gasteiger partial charge is 0.497 e. The first-order chi connectivity index (χ1) is 11.3. The van der Waals surface area contributed by atoms with Crippen molar-refractivity contribution >= 4 is 64.0 Å². The van der Waals surface area contributed by atoms with E-state index in [4.69, 9.17) is 51.1 Å². The number of hydrogen-bond acceptors (Lipinski definition) is 3. The van der Waals surface area contributed by atoms with Crippen LogP contribution in [-0.4, -0.2) is 24.1 Å². The summed E-state index contributed by atoms with van der Waals surface area (Å²) in [6.07, 6.45) is 0. The number of rotatable bonds is 4. The molecule has 0 saturated heterocycles. The molecule has 2 aromatic rings. The van der Waals surface area contributed by atoms with Crippen LogP contribution in [0.3, 0.4) is 0 Å². The van der Waals surface area contributed by atoms with Gasteiger partial charge in [-0.25, -0.2) is 4.79 Å². The molecule has 1 amide bonds. The van der Waals surface area contributed by atoms with Gasteiger partial charge in [-0.2, -0.15) is 0 Å². The van der Waals surface area contributed by atoms with Crippen molar-refractivity contribution in [2.75, 3.05) is 12.4 Å². The van der Waals surface area contributed by atoms with Crippen LogP contribution < -0.4 is 10.1 Å². The minimum absolute atomic E-state index is 0.205. The maximum Gasteiger partial charge on any atom is 0.338 e. The number of halogens is 4. The minimum atomic E-state index is -1.46. The summed E-state index contributed by atoms with van der Waals surface area (Å²) in [5, 5.41) is 10.7. The first kappa shape index (κ1) is 18.7. The van der Waals surface area contributed by atoms with E-state index in [0.717, 1.165) is 0 Å². The molecule has 0 aliphatic carbocycles. The second-order valence-corrected chi connectivity index (χ2v) is 6.01. The molecule has 5 nitrogen and oxygen atoms in total. The highest BCUT2D eigenvalue weighted by Gasteiger charge is 2.28. The molecule has 2 N–H and O–H groups in total. The Balaban J connectivity index is 2.54. The number of ether oxygens (including phenoxy) is 1. The van der Waals surface area contributed by atoms with Crippen LogP contribution in [0.25, 0.3) is 0 Å². The highest BCUT2D eigenvalue weighted by molar-refractivity contribution is 6.54. The standard InChI is InChI=1S/C15H9Cl4NO4/c1-24-7-4-2-3-6(5-7)20-14(21)8-9(15(22)23)11(17)13(19)12(18)10(8)16/h2-5H,1H3,(H,20,21)(H,22,23). The first-order valence-corrected chi connectivity index (χ1v) is 7.83. The molecular weight excluding hydrogens is 400 g/mol. The predicted molar refractivity (Wildman–Crippen MR) is 94.4 cm³/mol. The highest BCUT2D eigenvalue weighted by Crippen LogP contribution is 2.41. The van der Waals surface area contributed by atoms with E-state index >= 15 is 0 Å². The zero-order valence-electron chi connectivity index (χ0n) is 12.0. The molecule has 0 aromatic heterocycles. The van der Waals surface area contributed by atoms with Crippen LogP contribution in [0.15, 0.2) is 24.3 Å². The number of carbonyl (C=O) groups is 2. The van der Waals surface area contributed by atoms with Crippen molar-refractivity contribution < 1.29 is 19.4 Å². The second-order valence-electron chi connectivity index (χ2n) is 4.50. The van der Waals surface area contributed by atoms with Gasteiger partial charge in [0.25, 0.3) is 5.91 Å². The molecular formula is C15H9Cl4NO4. The van der Waals surface area contributed by atoms with Gasteiger partial charge in [0.2, 0.25) is 0 Å². The summed E-state index contributed by atoms with van der Waals surface area (Å²) in [5.41, 5.74) is -0.545. The summed E-state index contributed by atoms with van der Waals surface area (Å²) < 4.78 is 5.05. The van der Waals surface area contributed by atoms with Crippen LogP contribution in [0.2, 0.25) is 20.1 Å². The SMILES string of the molecule is COc1cccc(NC(=O)c2c(Cl)c(Cl)c(Cl)c(Cl)c2C(=O)O)c1. The zero-order valence-corrected chi connectivity index (χ0v) is 15.0. The third-order valence-electron chi connectivity index (χ3n) is 3.04. The van der Waals surface area contributed by atoms with Gasteiger partial charge in [-0.05, 0) is 12.1 Å². The summed E-state index contributed by atoms with van der Waals surface area (Å²) in [6.45, 7) is 0. The van der Waals surface area contributed by atoms with Crippen LogP contribution in [0.5, 0.6) is 5.75 Å². The van der Waals surface area contributed by atoms with Crippen molar-refractivity contribution in [1.82, 2.24) is 0 Å². The summed E-state index contributed by atoms with van der Waals surface area (Å²) in [7, 11) is 1.47. The Morgan fingerprint density at radius 2 is 1.58 bits per heavy atom. The van der Waals surface area contributed by atoms with Gasteiger partial charge in [0.05, 0.1) is 38.3 Å². The average Bonchev–Trinajstić information content (AvgIpc) is 2.55. The normalized spacial score (nSPS) is 10.4. The van der Waals surface area contributed by atoms with Gasteiger partial charge in [0.15, 0.2) is 0 Å². The average molecular weight is 409 g/mol. The number of benzene rings is 2. The summed E-state index contributed by atoms with van der Waals surface area (Å²) in [6, 6.07) is 6.47. The lowest BCUT2D eigenvalue weighted by Gasteiger charge is -2.14. The summed E-state index contributed by atoms with van der Waals surface area (Å²) in [4.78, 5) is 24.0. The monoisotopic (exact) mass is 407 g/mol. The van der Waals surface area contributed by atoms with E-state index < -0.39 is 17.4 Å². The molecule has 2 aromatic carbocycles. The number of aromatic carboxylic acids is 1. The van der Waals surface area contributed by atoms with Crippen molar-refractivity contribution in [1.29, 1.82) is 0 Å². The van der Waals surface area contributed by atoms with Crippen LogP contribution >= 0.6 is 46.4 Å². The molecule has 9 heteroatoms. The molecule has 24 heavy (non-hydrogen) atoms. The van der Waals surface area contributed by atoms with Gasteiger partial charge in [-0.3, -0.25) is 4.79 Å². The fourth-order valence-electron chi connectivity index (χ4n) is 1.94. The molecule has 0 unspecified atom stereocenters. The molecule has 0 radical (unpaired) electrons. The van der Waals surface area contributed by atoms with Crippen LogP contribution in [0.4, 0.5) is 5.69 Å². The number of anilines is 1. The molecule has 0 atom stereocenters. The van der Waals surface area contributed by atoms with E-state index in [0.29, 0.717) is 11.4 Å². The van der Waals surface area contributed by atoms with Gasteiger partial charge < -0.3 is 15.2 Å². The molecule has 0 aliphatic heterocycles. The van der Waals surface area contributed by atoms with Gasteiger partial charge in [-0.15, -0.1) is 0 Å². The van der Waals surface area contributed by atoms with Crippen LogP contribution in [0.1, 0.15) is 20.7 Å². The minimum Gasteiger partial charge on any atom is -0.497 e. The third kappa shape index (κ3) is 3.54. The predicted octanol–water partition coefficient (Wildman–Crippen LogP) is 5.26. The summed E-state index contributed by atoms with van der Waals surface area (Å²) in [5.74, 6) is -1.76. The molecule has 0 saturated carbocycles. The molecule has 0 bridgehead atoms. The lowest BCUT2D eigenvalue weighted by Crippen LogP contribution is -2.18. The molecule has 2 rings (SSSR count). The van der Waals surface area contributed by atoms with Crippen molar-refractivity contribution in [3.8, 4) is 5.75 Å². The molecule has 0 heterocycles. The van der Waals surface area contributed by atoms with E-state index in [1.807, 2.05) is 0 Å². The first-order valence-electron chi connectivity index (χ1n) is 6.32. The van der Waals surface area contributed by atoms with Gasteiger partial charge in [-0.1, -0.05) is 52.5 Å². The number of hydrogen-bond donors (Lipinski definition) is 2. The highest BCUT2D eigenvalue weighted by atomic mass is 35.5. The van der Waals surface area contributed by atoms with Crippen molar-refractivity contribution in [3.05, 3.63) is 55.5 Å². The Kier molecular flexibility index (Phi) is 5.83. The number of carboxylic acid groups (broad SMARTS) is 1. The smallest absolute Gasteiger partial charge is 0.338 e. The second kappa shape index (κ2) is 7.49. The van der Waals surface area contributed by atoms with E-state index in [-0.39, 0.29) is 25.7 Å². The van der Waals surface area contributed by atoms with Crippen molar-refractivity contribution in [2.45, 2.75) is 0 Å². The number of carboxylic acids is 1. The maximum absolute atomic E-state index is 12.5. The Morgan fingerprint density at radius 3 is 2.12 bits per heavy atom. The van der Waals surface area contributed by atoms with Gasteiger partial charge in [0.1, 0.15) is 5.75 Å². The number of nitrogens with one attached hydrogen (secondary N) is 1. The van der Waals surface area contributed by atoms with E-state index in [1.54, 1.807) is 24.3 Å². The lowest BCUT2D eigenvalue weighted by molar-refractivity contribution is 0.0692. The molecule has 0 aliphatic rings. The Morgan fingerprint density at radius 1 is 1.00 bits per heavy atom. The topological polar surface area (TPSA) is 75.6 Å². The van der Waals surface area contributed by atoms with Crippen molar-refractivity contribution in [2.24, 2.45) is 0 Å². The maximum atomic E-state index is 12.5. The Labute approximate surface area is 157 Å². The Bertz CT molecular complexity index is 839. The number of carbonyl (C=O) groups excluding carboxylic acids is 1. The lowest BCUT2D eigenvalue weighted by atomic mass is 10.1. The zero-order chi connectivity index (χ0) is 18.0. The van der Waals surface area contributed by atoms with Gasteiger partial charge >= 0.3 is 5.97 Å². The third-order valence-corrected chi connectivity index (χ3v) is 4.84. The van der Waals surface area contributed by atoms with Gasteiger partial charge in [0, 0.05) is 11.8 Å². The fraction of sp³-hybridized carbons (Fsp3) is 0.0667. The fourth-order valence-corrected chi connectivity index (χ4v) is 2.96. The molecule has 0 spiro atoms. The van der Waals surface area contributed by atoms with E-state index in [2.05, 4.69) is 5.32 Å². The van der Waals surface area contributed by atoms with Crippen molar-refractivity contribution in [3.63, 3.8) is 0 Å². The quantitative estimate of drug-likeness (QED) is 0.534. The van der Waals surface area contributed by atoms with Crippen LogP contribution in [0, 0.1) is 0 Å². The van der Waals surface area contributed by atoms with E-state index in [1.165, 1.54) is 7.11 Å². The molecule has 0 fully saturated rings. The number of methoxy groups -OCH3 is 1. The Hall–Kier alpha value is -1.66. The number of amides is 1. The van der Waals surface area contributed by atoms with E-state index in [9.17, 15) is 14.7 Å². The summed E-state index contributed by atoms with van der Waals surface area (Å²) >= 11 is 23.7. The molecule has 126 valence electrons. The van der Waals surface area contributed by atoms with Crippen LogP contribution in [-0.2, 0) is 0 Å².